The second-order valence-electron chi connectivity index (χ2n) is 4.00. The van der Waals surface area contributed by atoms with E-state index in [2.05, 4.69) is 0 Å². The Morgan fingerprint density at radius 2 is 1.64 bits per heavy atom. The third kappa shape index (κ3) is 1.74. The van der Waals surface area contributed by atoms with E-state index in [1.807, 2.05) is 13.8 Å². The molecule has 0 bridgehead atoms. The van der Waals surface area contributed by atoms with Crippen LogP contribution in [-0.2, 0) is 0 Å². The average molecular weight is 158 g/mol. The van der Waals surface area contributed by atoms with Crippen molar-refractivity contribution >= 4 is 0 Å². The molecule has 1 saturated carbocycles. The topological polar surface area (TPSA) is 40.5 Å². The van der Waals surface area contributed by atoms with Crippen LogP contribution in [0, 0.1) is 5.92 Å². The fourth-order valence-corrected chi connectivity index (χ4v) is 1.90. The minimum atomic E-state index is -0.770. The van der Waals surface area contributed by atoms with Crippen molar-refractivity contribution in [3.63, 3.8) is 0 Å². The third-order valence-corrected chi connectivity index (χ3v) is 2.65. The van der Waals surface area contributed by atoms with Gasteiger partial charge in [0, 0.05) is 0 Å². The standard InChI is InChI=1S/C9H18O2/c1-7(2)8(10)9(11)5-3-4-6-9/h7-8,10-11H,3-6H2,1-2H3. The fraction of sp³-hybridized carbons (Fsp3) is 1.00. The zero-order valence-electron chi connectivity index (χ0n) is 7.38. The highest BCUT2D eigenvalue weighted by Gasteiger charge is 2.39. The first-order valence-corrected chi connectivity index (χ1v) is 4.47. The van der Waals surface area contributed by atoms with E-state index < -0.39 is 11.7 Å². The third-order valence-electron chi connectivity index (χ3n) is 2.65. The molecular weight excluding hydrogens is 140 g/mol. The lowest BCUT2D eigenvalue weighted by molar-refractivity contribution is -0.0896. The van der Waals surface area contributed by atoms with E-state index in [0.717, 1.165) is 25.7 Å². The second kappa shape index (κ2) is 3.11. The Morgan fingerprint density at radius 1 is 1.18 bits per heavy atom. The van der Waals surface area contributed by atoms with Gasteiger partial charge >= 0.3 is 0 Å². The quantitative estimate of drug-likeness (QED) is 0.636. The van der Waals surface area contributed by atoms with Crippen molar-refractivity contribution in [1.82, 2.24) is 0 Å². The molecule has 0 aromatic heterocycles. The van der Waals surface area contributed by atoms with E-state index in [1.165, 1.54) is 0 Å². The molecule has 0 heterocycles. The molecule has 0 aromatic carbocycles. The number of aliphatic hydroxyl groups is 2. The van der Waals surface area contributed by atoms with E-state index >= 15 is 0 Å². The van der Waals surface area contributed by atoms with Crippen LogP contribution in [0.4, 0.5) is 0 Å². The van der Waals surface area contributed by atoms with Gasteiger partial charge in [-0.1, -0.05) is 26.7 Å². The van der Waals surface area contributed by atoms with Gasteiger partial charge in [-0.2, -0.15) is 0 Å². The molecule has 2 heteroatoms. The second-order valence-corrected chi connectivity index (χ2v) is 4.00. The van der Waals surface area contributed by atoms with Gasteiger partial charge < -0.3 is 10.2 Å². The van der Waals surface area contributed by atoms with E-state index in [1.54, 1.807) is 0 Å². The van der Waals surface area contributed by atoms with Crippen LogP contribution in [0.5, 0.6) is 0 Å². The minimum Gasteiger partial charge on any atom is -0.390 e. The van der Waals surface area contributed by atoms with Crippen molar-refractivity contribution < 1.29 is 10.2 Å². The van der Waals surface area contributed by atoms with Crippen LogP contribution in [0.2, 0.25) is 0 Å². The van der Waals surface area contributed by atoms with Gasteiger partial charge in [0.1, 0.15) is 0 Å². The Hall–Kier alpha value is -0.0800. The first-order valence-electron chi connectivity index (χ1n) is 4.47. The van der Waals surface area contributed by atoms with E-state index in [4.69, 9.17) is 0 Å². The zero-order valence-corrected chi connectivity index (χ0v) is 7.38. The molecule has 11 heavy (non-hydrogen) atoms. The van der Waals surface area contributed by atoms with Gasteiger partial charge in [-0.3, -0.25) is 0 Å². The summed E-state index contributed by atoms with van der Waals surface area (Å²) in [4.78, 5) is 0. The van der Waals surface area contributed by atoms with Crippen LogP contribution in [0.25, 0.3) is 0 Å². The lowest BCUT2D eigenvalue weighted by Gasteiger charge is -2.31. The average Bonchev–Trinajstić information content (AvgIpc) is 2.35. The van der Waals surface area contributed by atoms with Gasteiger partial charge in [-0.05, 0) is 18.8 Å². The molecule has 2 nitrogen and oxygen atoms in total. The largest absolute Gasteiger partial charge is 0.390 e. The lowest BCUT2D eigenvalue weighted by Crippen LogP contribution is -2.42. The van der Waals surface area contributed by atoms with Gasteiger partial charge in [-0.15, -0.1) is 0 Å². The van der Waals surface area contributed by atoms with E-state index in [-0.39, 0.29) is 5.92 Å². The van der Waals surface area contributed by atoms with Crippen LogP contribution >= 0.6 is 0 Å². The van der Waals surface area contributed by atoms with Crippen molar-refractivity contribution in [3.05, 3.63) is 0 Å². The first kappa shape index (κ1) is 9.01. The smallest absolute Gasteiger partial charge is 0.0908 e. The summed E-state index contributed by atoms with van der Waals surface area (Å²) in [7, 11) is 0. The maximum atomic E-state index is 9.88. The highest BCUT2D eigenvalue weighted by molar-refractivity contribution is 4.91. The van der Waals surface area contributed by atoms with Crippen molar-refractivity contribution in [3.8, 4) is 0 Å². The molecule has 66 valence electrons. The fourth-order valence-electron chi connectivity index (χ4n) is 1.90. The predicted octanol–water partition coefficient (Wildman–Crippen LogP) is 1.31. The normalized spacial score (nSPS) is 25.9. The summed E-state index contributed by atoms with van der Waals surface area (Å²) < 4.78 is 0. The Bertz CT molecular complexity index is 126. The monoisotopic (exact) mass is 158 g/mol. The number of rotatable bonds is 2. The van der Waals surface area contributed by atoms with Gasteiger partial charge in [0.15, 0.2) is 0 Å². The number of aliphatic hydroxyl groups excluding tert-OH is 1. The Kier molecular flexibility index (Phi) is 2.55. The molecule has 1 aliphatic carbocycles. The van der Waals surface area contributed by atoms with E-state index in [0.29, 0.717) is 0 Å². The molecule has 1 unspecified atom stereocenters. The van der Waals surface area contributed by atoms with E-state index in [9.17, 15) is 10.2 Å². The molecule has 1 atom stereocenters. The summed E-state index contributed by atoms with van der Waals surface area (Å²) in [6.07, 6.45) is 3.11. The summed E-state index contributed by atoms with van der Waals surface area (Å²) in [6, 6.07) is 0. The SMILES string of the molecule is CC(C)C(O)C1(O)CCCC1. The van der Waals surface area contributed by atoms with Crippen LogP contribution < -0.4 is 0 Å². The van der Waals surface area contributed by atoms with Crippen LogP contribution in [0.15, 0.2) is 0 Å². The van der Waals surface area contributed by atoms with Crippen LogP contribution in [-0.4, -0.2) is 21.9 Å². The maximum absolute atomic E-state index is 9.88. The maximum Gasteiger partial charge on any atom is 0.0908 e. The molecular formula is C9H18O2. The molecule has 1 aliphatic rings. The van der Waals surface area contributed by atoms with Gasteiger partial charge in [0.2, 0.25) is 0 Å². The summed E-state index contributed by atoms with van der Waals surface area (Å²) >= 11 is 0. The highest BCUT2D eigenvalue weighted by atomic mass is 16.3. The highest BCUT2D eigenvalue weighted by Crippen LogP contribution is 2.34. The number of hydrogen-bond acceptors (Lipinski definition) is 2. The molecule has 0 radical (unpaired) electrons. The Labute approximate surface area is 68.2 Å². The summed E-state index contributed by atoms with van der Waals surface area (Å²) in [5.74, 6) is 0.165. The number of hydrogen-bond donors (Lipinski definition) is 2. The molecule has 0 spiro atoms. The molecule has 1 fully saturated rings. The minimum absolute atomic E-state index is 0.165. The first-order chi connectivity index (χ1) is 5.06. The van der Waals surface area contributed by atoms with Crippen molar-refractivity contribution in [1.29, 1.82) is 0 Å². The van der Waals surface area contributed by atoms with Crippen molar-refractivity contribution in [2.45, 2.75) is 51.2 Å². The molecule has 0 aliphatic heterocycles. The molecule has 0 amide bonds. The molecule has 0 saturated heterocycles. The summed E-state index contributed by atoms with van der Waals surface area (Å²) in [6.45, 7) is 3.89. The molecule has 0 aromatic rings. The summed E-state index contributed by atoms with van der Waals surface area (Å²) in [5, 5.41) is 19.5. The van der Waals surface area contributed by atoms with Crippen molar-refractivity contribution in [2.24, 2.45) is 5.92 Å². The van der Waals surface area contributed by atoms with Crippen LogP contribution in [0.3, 0.4) is 0 Å². The van der Waals surface area contributed by atoms with Gasteiger partial charge in [0.05, 0.1) is 11.7 Å². The molecule has 2 N–H and O–H groups in total. The Balaban J connectivity index is 2.56. The lowest BCUT2D eigenvalue weighted by atomic mass is 9.87. The predicted molar refractivity (Wildman–Crippen MR) is 44.3 cm³/mol. The van der Waals surface area contributed by atoms with Gasteiger partial charge in [0.25, 0.3) is 0 Å². The van der Waals surface area contributed by atoms with Crippen molar-refractivity contribution in [2.75, 3.05) is 0 Å². The zero-order chi connectivity index (χ0) is 8.48. The van der Waals surface area contributed by atoms with Crippen LogP contribution in [0.1, 0.15) is 39.5 Å². The summed E-state index contributed by atoms with van der Waals surface area (Å²) in [5.41, 5.74) is -0.770. The van der Waals surface area contributed by atoms with Gasteiger partial charge in [-0.25, -0.2) is 0 Å². The Morgan fingerprint density at radius 3 is 2.00 bits per heavy atom. The molecule has 1 rings (SSSR count).